The van der Waals surface area contributed by atoms with Gasteiger partial charge in [0.25, 0.3) is 0 Å². The molecule has 0 aliphatic carbocycles. The Hall–Kier alpha value is -3.85. The molecule has 280 valence electrons. The number of benzene rings is 1. The summed E-state index contributed by atoms with van der Waals surface area (Å²) in [6.45, 7) is 14.9. The molecule has 2 amide bonds. The topological polar surface area (TPSA) is 123 Å². The van der Waals surface area contributed by atoms with E-state index in [1.54, 1.807) is 29.0 Å². The van der Waals surface area contributed by atoms with E-state index in [9.17, 15) is 18.8 Å². The van der Waals surface area contributed by atoms with Gasteiger partial charge >= 0.3 is 12.1 Å². The fourth-order valence-electron chi connectivity index (χ4n) is 6.85. The molecule has 1 unspecified atom stereocenters. The van der Waals surface area contributed by atoms with Crippen LogP contribution in [0.3, 0.4) is 0 Å². The largest absolute Gasteiger partial charge is 0.474 e. The van der Waals surface area contributed by atoms with Gasteiger partial charge in [0.2, 0.25) is 11.8 Å². The number of nitrogens with zero attached hydrogens (tertiary/aromatic N) is 5. The van der Waals surface area contributed by atoms with E-state index in [2.05, 4.69) is 9.80 Å². The fraction of sp³-hybridized carbons (Fsp3) is 0.622. The van der Waals surface area contributed by atoms with E-state index in [0.717, 1.165) is 11.1 Å². The number of fused-ring (bicyclic) bond motifs is 1. The third-order valence-corrected chi connectivity index (χ3v) is 9.36. The van der Waals surface area contributed by atoms with Crippen LogP contribution in [-0.2, 0) is 41.6 Å². The van der Waals surface area contributed by atoms with Crippen LogP contribution in [0, 0.1) is 5.82 Å². The summed E-state index contributed by atoms with van der Waals surface area (Å²) in [6, 6.07) is 7.40. The number of halogens is 1. The van der Waals surface area contributed by atoms with Gasteiger partial charge in [-0.1, -0.05) is 12.1 Å². The molecule has 5 rings (SSSR count). The second-order valence-corrected chi connectivity index (χ2v) is 14.7. The summed E-state index contributed by atoms with van der Waals surface area (Å²) < 4.78 is 42.1. The maximum Gasteiger partial charge on any atom is 0.410 e. The van der Waals surface area contributed by atoms with Gasteiger partial charge in [0.05, 0.1) is 44.1 Å². The van der Waals surface area contributed by atoms with Gasteiger partial charge in [0.1, 0.15) is 30.3 Å². The average Bonchev–Trinajstić information content (AvgIpc) is 3.06. The first-order valence-corrected chi connectivity index (χ1v) is 17.6. The summed E-state index contributed by atoms with van der Waals surface area (Å²) in [5.41, 5.74) is 1.94. The number of esters is 1. The minimum atomic E-state index is -0.644. The number of hydrogen-bond donors (Lipinski definition) is 0. The number of morpholine rings is 1. The van der Waals surface area contributed by atoms with Crippen molar-refractivity contribution in [1.82, 2.24) is 19.7 Å². The first-order chi connectivity index (χ1) is 24.2. The fourth-order valence-corrected chi connectivity index (χ4v) is 6.85. The highest BCUT2D eigenvalue weighted by Gasteiger charge is 2.41. The monoisotopic (exact) mass is 713 g/mol. The number of rotatable bonds is 10. The first-order valence-electron chi connectivity index (χ1n) is 17.6. The molecule has 51 heavy (non-hydrogen) atoms. The SMILES string of the molecule is COC[C@@H]1COCCN1CC1CN(C(=O)OC(C)(C)C)[C@H](C)CN1CC(=O)N1c2cc(Cc3ccc(F)cc3)c(COC(C)=O)nc2OC[C@@H]1C. The van der Waals surface area contributed by atoms with Crippen LogP contribution in [0.4, 0.5) is 14.9 Å². The van der Waals surface area contributed by atoms with Gasteiger partial charge in [-0.2, -0.15) is 0 Å². The number of aromatic nitrogens is 1. The predicted molar refractivity (Wildman–Crippen MR) is 187 cm³/mol. The van der Waals surface area contributed by atoms with Crippen LogP contribution in [0.25, 0.3) is 0 Å². The van der Waals surface area contributed by atoms with Gasteiger partial charge < -0.3 is 33.5 Å². The van der Waals surface area contributed by atoms with Gasteiger partial charge in [-0.3, -0.25) is 19.4 Å². The van der Waals surface area contributed by atoms with Crippen molar-refractivity contribution >= 4 is 23.7 Å². The number of amides is 2. The quantitative estimate of drug-likeness (QED) is 0.336. The molecule has 2 aromatic rings. The van der Waals surface area contributed by atoms with Crippen molar-refractivity contribution in [1.29, 1.82) is 0 Å². The minimum absolute atomic E-state index is 0.0496. The molecule has 2 saturated heterocycles. The number of pyridine rings is 1. The summed E-state index contributed by atoms with van der Waals surface area (Å²) in [5, 5.41) is 0. The summed E-state index contributed by atoms with van der Waals surface area (Å²) in [5.74, 6) is -0.645. The van der Waals surface area contributed by atoms with Gasteiger partial charge in [0, 0.05) is 52.3 Å². The number of anilines is 1. The maximum atomic E-state index is 14.5. The van der Waals surface area contributed by atoms with Crippen LogP contribution in [-0.4, -0.2) is 134 Å². The van der Waals surface area contributed by atoms with E-state index in [-0.39, 0.29) is 67.6 Å². The van der Waals surface area contributed by atoms with E-state index in [1.807, 2.05) is 40.7 Å². The molecule has 4 atom stereocenters. The maximum absolute atomic E-state index is 14.5. The molecule has 0 bridgehead atoms. The van der Waals surface area contributed by atoms with Crippen molar-refractivity contribution in [2.24, 2.45) is 0 Å². The Bertz CT molecular complexity index is 1530. The molecule has 3 aliphatic rings. The van der Waals surface area contributed by atoms with E-state index < -0.39 is 11.6 Å². The zero-order valence-corrected chi connectivity index (χ0v) is 30.9. The van der Waals surface area contributed by atoms with Crippen LogP contribution in [0.15, 0.2) is 30.3 Å². The molecule has 2 fully saturated rings. The lowest BCUT2D eigenvalue weighted by Crippen LogP contribution is -2.65. The third kappa shape index (κ3) is 9.94. The molecule has 4 heterocycles. The van der Waals surface area contributed by atoms with E-state index in [0.29, 0.717) is 63.8 Å². The second kappa shape index (κ2) is 16.7. The lowest BCUT2D eigenvalue weighted by molar-refractivity contribution is -0.142. The molecular formula is C37H52FN5O8. The smallest absolute Gasteiger partial charge is 0.410 e. The molecular weight excluding hydrogens is 661 g/mol. The highest BCUT2D eigenvalue weighted by atomic mass is 19.1. The lowest BCUT2D eigenvalue weighted by Gasteiger charge is -2.48. The van der Waals surface area contributed by atoms with Crippen molar-refractivity contribution in [3.8, 4) is 5.88 Å². The molecule has 0 saturated carbocycles. The lowest BCUT2D eigenvalue weighted by atomic mass is 10.0. The zero-order chi connectivity index (χ0) is 36.9. The Morgan fingerprint density at radius 1 is 1.02 bits per heavy atom. The molecule has 13 nitrogen and oxygen atoms in total. The van der Waals surface area contributed by atoms with Crippen molar-refractivity contribution in [3.63, 3.8) is 0 Å². The van der Waals surface area contributed by atoms with Crippen LogP contribution in [0.2, 0.25) is 0 Å². The molecule has 0 radical (unpaired) electrons. The molecule has 1 aromatic heterocycles. The highest BCUT2D eigenvalue weighted by Crippen LogP contribution is 2.36. The van der Waals surface area contributed by atoms with Gasteiger partial charge in [-0.15, -0.1) is 0 Å². The normalized spacial score (nSPS) is 23.0. The number of carbonyl (C=O) groups is 3. The average molecular weight is 714 g/mol. The number of piperazine rings is 1. The number of ether oxygens (including phenoxy) is 5. The predicted octanol–water partition coefficient (Wildman–Crippen LogP) is 3.65. The van der Waals surface area contributed by atoms with Crippen LogP contribution in [0.1, 0.15) is 58.4 Å². The Balaban J connectivity index is 1.43. The van der Waals surface area contributed by atoms with Crippen LogP contribution in [0.5, 0.6) is 5.88 Å². The molecule has 1 aromatic carbocycles. The minimum Gasteiger partial charge on any atom is -0.474 e. The molecule has 14 heteroatoms. The number of carbonyl (C=O) groups excluding carboxylic acids is 3. The van der Waals surface area contributed by atoms with Crippen LogP contribution >= 0.6 is 0 Å². The number of hydrogen-bond acceptors (Lipinski definition) is 11. The van der Waals surface area contributed by atoms with E-state index in [1.165, 1.54) is 19.1 Å². The van der Waals surface area contributed by atoms with E-state index in [4.69, 9.17) is 28.7 Å². The Labute approximate surface area is 299 Å². The Morgan fingerprint density at radius 3 is 2.45 bits per heavy atom. The van der Waals surface area contributed by atoms with Crippen molar-refractivity contribution in [2.45, 2.75) is 84.3 Å². The van der Waals surface area contributed by atoms with E-state index >= 15 is 0 Å². The molecule has 0 N–H and O–H groups in total. The second-order valence-electron chi connectivity index (χ2n) is 14.7. The third-order valence-electron chi connectivity index (χ3n) is 9.36. The van der Waals surface area contributed by atoms with Crippen molar-refractivity contribution in [3.05, 3.63) is 53.0 Å². The Morgan fingerprint density at radius 2 is 1.76 bits per heavy atom. The van der Waals surface area contributed by atoms with Crippen molar-refractivity contribution < 1.29 is 42.5 Å². The standard InChI is InChI=1S/C37H52FN5O8/c1-24-16-41(30(18-42(24)36(46)51-37(4,5)6)17-40-12-13-48-22-31(40)21-47-7)19-34(45)43-25(2)20-50-35-33(43)15-28(32(39-35)23-49-26(3)44)14-27-8-10-29(38)11-9-27/h8-11,15,24-25,30-31H,12-14,16-23H2,1-7H3/t24-,25+,30?,31-/m1/s1. The first kappa shape index (κ1) is 38.4. The molecule has 3 aliphatic heterocycles. The van der Waals surface area contributed by atoms with Crippen LogP contribution < -0.4 is 9.64 Å². The summed E-state index contributed by atoms with van der Waals surface area (Å²) in [6.07, 6.45) is 0.00329. The molecule has 0 spiro atoms. The van der Waals surface area contributed by atoms with Gasteiger partial charge in [0.15, 0.2) is 0 Å². The summed E-state index contributed by atoms with van der Waals surface area (Å²) in [7, 11) is 1.67. The zero-order valence-electron chi connectivity index (χ0n) is 30.9. The Kier molecular flexibility index (Phi) is 12.5. The van der Waals surface area contributed by atoms with Crippen molar-refractivity contribution in [2.75, 3.05) is 71.2 Å². The summed E-state index contributed by atoms with van der Waals surface area (Å²) >= 11 is 0. The number of methoxy groups -OCH3 is 1. The van der Waals surface area contributed by atoms with Gasteiger partial charge in [-0.25, -0.2) is 14.2 Å². The van der Waals surface area contributed by atoms with Gasteiger partial charge in [-0.05, 0) is 70.4 Å². The highest BCUT2D eigenvalue weighted by molar-refractivity contribution is 5.97. The summed E-state index contributed by atoms with van der Waals surface area (Å²) in [4.78, 5) is 52.3.